The van der Waals surface area contributed by atoms with Crippen molar-refractivity contribution in [3.63, 3.8) is 0 Å². The summed E-state index contributed by atoms with van der Waals surface area (Å²) in [6.45, 7) is 7.49. The van der Waals surface area contributed by atoms with E-state index in [-0.39, 0.29) is 5.54 Å². The molecule has 1 aromatic carbocycles. The second kappa shape index (κ2) is 4.57. The van der Waals surface area contributed by atoms with Crippen LogP contribution in [0.15, 0.2) is 18.2 Å². The monoisotopic (exact) mass is 234 g/mol. The van der Waals surface area contributed by atoms with Gasteiger partial charge in [-0.2, -0.15) is 0 Å². The third kappa shape index (κ3) is 3.37. The molecule has 1 aliphatic rings. The first-order valence-corrected chi connectivity index (χ1v) is 6.27. The number of fused-ring (bicyclic) bond motifs is 1. The maximum atomic E-state index is 9.48. The van der Waals surface area contributed by atoms with Gasteiger partial charge in [0.1, 0.15) is 5.75 Å². The van der Waals surface area contributed by atoms with Crippen LogP contribution < -0.4 is 10.6 Å². The minimum Gasteiger partial charge on any atom is -0.508 e. The van der Waals surface area contributed by atoms with Gasteiger partial charge in [0.05, 0.1) is 0 Å². The van der Waals surface area contributed by atoms with E-state index in [1.165, 1.54) is 5.56 Å². The number of phenolic OH excluding ortho intramolecular Hbond substituents is 1. The van der Waals surface area contributed by atoms with Gasteiger partial charge in [-0.05, 0) is 45.2 Å². The number of hydrogen-bond acceptors (Lipinski definition) is 3. The van der Waals surface area contributed by atoms with Gasteiger partial charge in [-0.15, -0.1) is 0 Å². The van der Waals surface area contributed by atoms with Crippen molar-refractivity contribution < 1.29 is 5.11 Å². The molecule has 1 heterocycles. The second-order valence-corrected chi connectivity index (χ2v) is 5.85. The van der Waals surface area contributed by atoms with E-state index in [0.717, 1.165) is 25.1 Å². The highest BCUT2D eigenvalue weighted by molar-refractivity contribution is 5.57. The van der Waals surface area contributed by atoms with E-state index in [4.69, 9.17) is 0 Å². The van der Waals surface area contributed by atoms with Crippen LogP contribution in [-0.4, -0.2) is 23.2 Å². The summed E-state index contributed by atoms with van der Waals surface area (Å²) in [6, 6.07) is 6.03. The first-order valence-electron chi connectivity index (χ1n) is 6.27. The highest BCUT2D eigenvalue weighted by Gasteiger charge is 2.19. The van der Waals surface area contributed by atoms with Gasteiger partial charge in [-0.3, -0.25) is 0 Å². The predicted molar refractivity (Wildman–Crippen MR) is 71.6 cm³/mol. The van der Waals surface area contributed by atoms with Crippen LogP contribution in [0.3, 0.4) is 0 Å². The molecule has 1 atom stereocenters. The number of rotatable bonds is 2. The summed E-state index contributed by atoms with van der Waals surface area (Å²) in [4.78, 5) is 0. The fraction of sp³-hybridized carbons (Fsp3) is 0.571. The molecular formula is C14H22N2O. The normalized spacial score (nSPS) is 19.6. The summed E-state index contributed by atoms with van der Waals surface area (Å²) in [5.41, 5.74) is 2.53. The van der Waals surface area contributed by atoms with Crippen molar-refractivity contribution in [3.05, 3.63) is 23.8 Å². The van der Waals surface area contributed by atoms with Gasteiger partial charge < -0.3 is 15.7 Å². The molecular weight excluding hydrogens is 212 g/mol. The van der Waals surface area contributed by atoms with E-state index in [0.29, 0.717) is 11.8 Å². The molecule has 3 N–H and O–H groups in total. The van der Waals surface area contributed by atoms with Crippen LogP contribution in [-0.2, 0) is 6.42 Å². The zero-order chi connectivity index (χ0) is 12.5. The van der Waals surface area contributed by atoms with Gasteiger partial charge in [-0.25, -0.2) is 0 Å². The van der Waals surface area contributed by atoms with Crippen LogP contribution in [0, 0.1) is 0 Å². The first kappa shape index (κ1) is 12.2. The Balaban J connectivity index is 1.98. The molecule has 17 heavy (non-hydrogen) atoms. The second-order valence-electron chi connectivity index (χ2n) is 5.85. The molecule has 0 aliphatic carbocycles. The summed E-state index contributed by atoms with van der Waals surface area (Å²) in [7, 11) is 0. The molecule has 3 heteroatoms. The zero-order valence-corrected chi connectivity index (χ0v) is 10.9. The summed E-state index contributed by atoms with van der Waals surface area (Å²) in [5, 5.41) is 16.5. The average Bonchev–Trinajstić information content (AvgIpc) is 2.24. The molecule has 2 rings (SSSR count). The standard InChI is InChI=1S/C14H22N2O/c1-14(2,3)15-9-11-6-4-10-5-7-12(17)8-13(10)16-11/h5,7-8,11,15-17H,4,6,9H2,1-3H3. The largest absolute Gasteiger partial charge is 0.508 e. The van der Waals surface area contributed by atoms with Crippen molar-refractivity contribution in [2.75, 3.05) is 11.9 Å². The molecule has 1 aromatic rings. The lowest BCUT2D eigenvalue weighted by molar-refractivity contribution is 0.404. The number of nitrogens with one attached hydrogen (secondary N) is 2. The molecule has 0 spiro atoms. The molecule has 0 saturated carbocycles. The Morgan fingerprint density at radius 2 is 2.18 bits per heavy atom. The SMILES string of the molecule is CC(C)(C)NCC1CCc2ccc(O)cc2N1. The third-order valence-electron chi connectivity index (χ3n) is 3.09. The quantitative estimate of drug-likeness (QED) is 0.736. The number of phenols is 1. The van der Waals surface area contributed by atoms with Crippen molar-refractivity contribution in [2.45, 2.75) is 45.2 Å². The van der Waals surface area contributed by atoms with Gasteiger partial charge in [-0.1, -0.05) is 6.07 Å². The Kier molecular flexibility index (Phi) is 3.29. The number of benzene rings is 1. The van der Waals surface area contributed by atoms with Crippen LogP contribution in [0.1, 0.15) is 32.8 Å². The Bertz CT molecular complexity index is 396. The van der Waals surface area contributed by atoms with E-state index in [9.17, 15) is 5.11 Å². The fourth-order valence-electron chi connectivity index (χ4n) is 2.12. The number of aromatic hydroxyl groups is 1. The minimum atomic E-state index is 0.154. The van der Waals surface area contributed by atoms with Crippen molar-refractivity contribution in [1.82, 2.24) is 5.32 Å². The average molecular weight is 234 g/mol. The summed E-state index contributed by atoms with van der Waals surface area (Å²) >= 11 is 0. The Morgan fingerprint density at radius 3 is 2.88 bits per heavy atom. The van der Waals surface area contributed by atoms with E-state index >= 15 is 0 Å². The van der Waals surface area contributed by atoms with Crippen LogP contribution in [0.4, 0.5) is 5.69 Å². The summed E-state index contributed by atoms with van der Waals surface area (Å²) < 4.78 is 0. The molecule has 0 radical (unpaired) electrons. The Labute approximate surface area is 103 Å². The van der Waals surface area contributed by atoms with Crippen molar-refractivity contribution >= 4 is 5.69 Å². The summed E-state index contributed by atoms with van der Waals surface area (Å²) in [6.07, 6.45) is 2.22. The molecule has 3 nitrogen and oxygen atoms in total. The van der Waals surface area contributed by atoms with E-state index < -0.39 is 0 Å². The Hall–Kier alpha value is -1.22. The molecule has 94 valence electrons. The predicted octanol–water partition coefficient (Wildman–Crippen LogP) is 2.51. The highest BCUT2D eigenvalue weighted by atomic mass is 16.3. The molecule has 0 amide bonds. The van der Waals surface area contributed by atoms with Crippen molar-refractivity contribution in [3.8, 4) is 5.75 Å². The van der Waals surface area contributed by atoms with Gasteiger partial charge in [0.15, 0.2) is 0 Å². The molecule has 0 aromatic heterocycles. The molecule has 0 bridgehead atoms. The van der Waals surface area contributed by atoms with E-state index in [1.54, 1.807) is 6.07 Å². The smallest absolute Gasteiger partial charge is 0.117 e. The van der Waals surface area contributed by atoms with Gasteiger partial charge in [0.2, 0.25) is 0 Å². The summed E-state index contributed by atoms with van der Waals surface area (Å²) in [5.74, 6) is 0.334. The molecule has 1 unspecified atom stereocenters. The first-order chi connectivity index (χ1) is 7.94. The minimum absolute atomic E-state index is 0.154. The number of aryl methyl sites for hydroxylation is 1. The maximum absolute atomic E-state index is 9.48. The maximum Gasteiger partial charge on any atom is 0.117 e. The van der Waals surface area contributed by atoms with Crippen LogP contribution >= 0.6 is 0 Å². The number of anilines is 1. The topological polar surface area (TPSA) is 44.3 Å². The van der Waals surface area contributed by atoms with Gasteiger partial charge in [0, 0.05) is 29.9 Å². The lowest BCUT2D eigenvalue weighted by Gasteiger charge is -2.30. The number of hydrogen-bond donors (Lipinski definition) is 3. The molecule has 0 saturated heterocycles. The highest BCUT2D eigenvalue weighted by Crippen LogP contribution is 2.28. The molecule has 0 fully saturated rings. The van der Waals surface area contributed by atoms with Gasteiger partial charge in [0.25, 0.3) is 0 Å². The Morgan fingerprint density at radius 1 is 1.41 bits per heavy atom. The van der Waals surface area contributed by atoms with Crippen LogP contribution in [0.2, 0.25) is 0 Å². The van der Waals surface area contributed by atoms with Gasteiger partial charge >= 0.3 is 0 Å². The van der Waals surface area contributed by atoms with Crippen molar-refractivity contribution in [1.29, 1.82) is 0 Å². The fourth-order valence-corrected chi connectivity index (χ4v) is 2.12. The van der Waals surface area contributed by atoms with Crippen LogP contribution in [0.5, 0.6) is 5.75 Å². The lowest BCUT2D eigenvalue weighted by atomic mass is 9.97. The van der Waals surface area contributed by atoms with E-state index in [2.05, 4.69) is 31.4 Å². The van der Waals surface area contributed by atoms with Crippen molar-refractivity contribution in [2.24, 2.45) is 0 Å². The van der Waals surface area contributed by atoms with Crippen LogP contribution in [0.25, 0.3) is 0 Å². The third-order valence-corrected chi connectivity index (χ3v) is 3.09. The lowest BCUT2D eigenvalue weighted by Crippen LogP contribution is -2.44. The zero-order valence-electron chi connectivity index (χ0n) is 10.9. The van der Waals surface area contributed by atoms with E-state index in [1.807, 2.05) is 12.1 Å². The molecule has 1 aliphatic heterocycles.